The Balaban J connectivity index is 2.38. The fraction of sp³-hybridized carbons (Fsp3) is 0.188. The van der Waals surface area contributed by atoms with E-state index in [1.807, 2.05) is 0 Å². The zero-order valence-electron chi connectivity index (χ0n) is 14.2. The molecule has 0 fully saturated rings. The molecule has 1 aromatic carbocycles. The number of hydrogen-bond acceptors (Lipinski definition) is 7. The van der Waals surface area contributed by atoms with Gasteiger partial charge >= 0.3 is 5.97 Å². The standard InChI is InChI=1S/C16H14ClN3O6S/c1-8-12(16(23)26-2)15(19-11(21)7-17)27-13(8)14(22)18-9-4-3-5-10(6-9)20(24)25/h3-6H,7H2,1-2H3,(H,18,22)(H,19,21). The minimum absolute atomic E-state index is 0.0464. The van der Waals surface area contributed by atoms with Gasteiger partial charge in [0.05, 0.1) is 22.5 Å². The third-order valence-corrected chi connectivity index (χ3v) is 4.88. The van der Waals surface area contributed by atoms with Crippen LogP contribution in [0.3, 0.4) is 0 Å². The van der Waals surface area contributed by atoms with Crippen molar-refractivity contribution >= 4 is 57.1 Å². The van der Waals surface area contributed by atoms with E-state index in [2.05, 4.69) is 10.6 Å². The molecule has 1 aromatic heterocycles. The van der Waals surface area contributed by atoms with Gasteiger partial charge in [-0.2, -0.15) is 0 Å². The number of benzene rings is 1. The number of amides is 2. The lowest BCUT2D eigenvalue weighted by Crippen LogP contribution is -2.15. The number of alkyl halides is 1. The highest BCUT2D eigenvalue weighted by Crippen LogP contribution is 2.34. The first-order chi connectivity index (χ1) is 12.8. The second kappa shape index (κ2) is 8.60. The largest absolute Gasteiger partial charge is 0.465 e. The number of nitro benzene ring substituents is 1. The van der Waals surface area contributed by atoms with Crippen molar-refractivity contribution in [2.75, 3.05) is 23.6 Å². The van der Waals surface area contributed by atoms with E-state index in [4.69, 9.17) is 16.3 Å². The van der Waals surface area contributed by atoms with Crippen molar-refractivity contribution in [2.45, 2.75) is 6.92 Å². The number of methoxy groups -OCH3 is 1. The fourth-order valence-corrected chi connectivity index (χ4v) is 3.38. The minimum atomic E-state index is -0.719. The van der Waals surface area contributed by atoms with Crippen LogP contribution in [-0.4, -0.2) is 35.7 Å². The van der Waals surface area contributed by atoms with Crippen molar-refractivity contribution in [1.29, 1.82) is 0 Å². The average Bonchev–Trinajstić information content (AvgIpc) is 2.97. The summed E-state index contributed by atoms with van der Waals surface area (Å²) in [5, 5.41) is 16.0. The third-order valence-electron chi connectivity index (χ3n) is 3.43. The molecule has 0 bridgehead atoms. The number of nitrogens with zero attached hydrogens (tertiary/aromatic N) is 1. The maximum Gasteiger partial charge on any atom is 0.341 e. The van der Waals surface area contributed by atoms with Gasteiger partial charge in [0.1, 0.15) is 10.9 Å². The summed E-state index contributed by atoms with van der Waals surface area (Å²) < 4.78 is 4.70. The molecule has 142 valence electrons. The maximum absolute atomic E-state index is 12.6. The van der Waals surface area contributed by atoms with Gasteiger partial charge in [-0.05, 0) is 18.6 Å². The van der Waals surface area contributed by atoms with Gasteiger partial charge in [0.15, 0.2) is 0 Å². The molecule has 2 aromatic rings. The number of non-ortho nitro benzene ring substituents is 1. The number of esters is 1. The molecule has 2 N–H and O–H groups in total. The van der Waals surface area contributed by atoms with Crippen molar-refractivity contribution in [3.05, 3.63) is 50.4 Å². The molecular weight excluding hydrogens is 398 g/mol. The third kappa shape index (κ3) is 4.60. The van der Waals surface area contributed by atoms with E-state index in [0.29, 0.717) is 5.56 Å². The number of rotatable bonds is 6. The number of nitrogens with one attached hydrogen (secondary N) is 2. The highest BCUT2D eigenvalue weighted by molar-refractivity contribution is 7.19. The number of anilines is 2. The Labute approximate surface area is 162 Å². The lowest BCUT2D eigenvalue weighted by molar-refractivity contribution is -0.384. The van der Waals surface area contributed by atoms with Crippen LogP contribution in [0.15, 0.2) is 24.3 Å². The molecule has 27 heavy (non-hydrogen) atoms. The summed E-state index contributed by atoms with van der Waals surface area (Å²) in [6, 6.07) is 5.42. The Bertz CT molecular complexity index is 927. The van der Waals surface area contributed by atoms with Gasteiger partial charge in [0.2, 0.25) is 5.91 Å². The monoisotopic (exact) mass is 411 g/mol. The van der Waals surface area contributed by atoms with Gasteiger partial charge in [0, 0.05) is 17.8 Å². The van der Waals surface area contributed by atoms with Crippen LogP contribution >= 0.6 is 22.9 Å². The number of thiophene rings is 1. The summed E-state index contributed by atoms with van der Waals surface area (Å²) >= 11 is 6.34. The van der Waals surface area contributed by atoms with Crippen LogP contribution in [0, 0.1) is 17.0 Å². The number of halogens is 1. The first-order valence-electron chi connectivity index (χ1n) is 7.41. The lowest BCUT2D eigenvalue weighted by Gasteiger charge is -2.05. The first kappa shape index (κ1) is 20.3. The molecule has 0 unspecified atom stereocenters. The van der Waals surface area contributed by atoms with E-state index in [-0.39, 0.29) is 32.7 Å². The van der Waals surface area contributed by atoms with Gasteiger partial charge in [-0.25, -0.2) is 4.79 Å². The second-order valence-electron chi connectivity index (χ2n) is 5.20. The topological polar surface area (TPSA) is 128 Å². The van der Waals surface area contributed by atoms with Gasteiger partial charge in [0.25, 0.3) is 11.6 Å². The van der Waals surface area contributed by atoms with Crippen LogP contribution in [0.2, 0.25) is 0 Å². The number of ether oxygens (including phenoxy) is 1. The number of nitro groups is 1. The zero-order chi connectivity index (χ0) is 20.1. The van der Waals surface area contributed by atoms with E-state index in [1.165, 1.54) is 38.3 Å². The SMILES string of the molecule is COC(=O)c1c(NC(=O)CCl)sc(C(=O)Nc2cccc([N+](=O)[O-])c2)c1C. The fourth-order valence-electron chi connectivity index (χ4n) is 2.21. The van der Waals surface area contributed by atoms with Crippen LogP contribution < -0.4 is 10.6 Å². The quantitative estimate of drug-likeness (QED) is 0.325. The molecular formula is C16H14ClN3O6S. The Morgan fingerprint density at radius 2 is 2.00 bits per heavy atom. The van der Waals surface area contributed by atoms with Crippen molar-refractivity contribution in [1.82, 2.24) is 0 Å². The Kier molecular flexibility index (Phi) is 6.48. The molecule has 2 amide bonds. The molecule has 0 saturated heterocycles. The van der Waals surface area contributed by atoms with Gasteiger partial charge < -0.3 is 15.4 Å². The molecule has 0 radical (unpaired) electrons. The second-order valence-corrected chi connectivity index (χ2v) is 6.48. The summed E-state index contributed by atoms with van der Waals surface area (Å²) in [4.78, 5) is 46.6. The summed E-state index contributed by atoms with van der Waals surface area (Å²) in [6.45, 7) is 1.53. The Hall–Kier alpha value is -2.98. The molecule has 0 aliphatic carbocycles. The van der Waals surface area contributed by atoms with Crippen LogP contribution in [0.5, 0.6) is 0 Å². The maximum atomic E-state index is 12.6. The Morgan fingerprint density at radius 1 is 1.30 bits per heavy atom. The van der Waals surface area contributed by atoms with Crippen molar-refractivity contribution < 1.29 is 24.0 Å². The van der Waals surface area contributed by atoms with Crippen LogP contribution in [-0.2, 0) is 9.53 Å². The van der Waals surface area contributed by atoms with E-state index in [9.17, 15) is 24.5 Å². The van der Waals surface area contributed by atoms with Gasteiger partial charge in [-0.3, -0.25) is 19.7 Å². The van der Waals surface area contributed by atoms with E-state index < -0.39 is 22.7 Å². The van der Waals surface area contributed by atoms with E-state index >= 15 is 0 Å². The molecule has 0 atom stereocenters. The number of carbonyl (C=O) groups is 3. The highest BCUT2D eigenvalue weighted by Gasteiger charge is 2.26. The van der Waals surface area contributed by atoms with E-state index in [1.54, 1.807) is 0 Å². The number of carbonyl (C=O) groups excluding carboxylic acids is 3. The molecule has 0 spiro atoms. The summed E-state index contributed by atoms with van der Waals surface area (Å²) in [5.74, 6) is -2.18. The van der Waals surface area contributed by atoms with Crippen molar-refractivity contribution in [3.8, 4) is 0 Å². The van der Waals surface area contributed by atoms with Crippen LogP contribution in [0.25, 0.3) is 0 Å². The van der Waals surface area contributed by atoms with Crippen molar-refractivity contribution in [3.63, 3.8) is 0 Å². The molecule has 9 nitrogen and oxygen atoms in total. The van der Waals surface area contributed by atoms with Gasteiger partial charge in [-0.1, -0.05) is 6.07 Å². The smallest absolute Gasteiger partial charge is 0.341 e. The first-order valence-corrected chi connectivity index (χ1v) is 8.76. The van der Waals surface area contributed by atoms with Crippen LogP contribution in [0.4, 0.5) is 16.4 Å². The molecule has 0 aliphatic heterocycles. The molecule has 1 heterocycles. The molecule has 2 rings (SSSR count). The zero-order valence-corrected chi connectivity index (χ0v) is 15.8. The van der Waals surface area contributed by atoms with Gasteiger partial charge in [-0.15, -0.1) is 22.9 Å². The van der Waals surface area contributed by atoms with Crippen molar-refractivity contribution in [2.24, 2.45) is 0 Å². The van der Waals surface area contributed by atoms with Crippen LogP contribution in [0.1, 0.15) is 25.6 Å². The summed E-state index contributed by atoms with van der Waals surface area (Å²) in [5.41, 5.74) is 0.388. The predicted molar refractivity (Wildman–Crippen MR) is 101 cm³/mol. The molecule has 0 aliphatic rings. The lowest BCUT2D eigenvalue weighted by atomic mass is 10.1. The number of hydrogen-bond donors (Lipinski definition) is 2. The normalized spacial score (nSPS) is 10.2. The van der Waals surface area contributed by atoms with E-state index in [0.717, 1.165) is 11.3 Å². The summed E-state index contributed by atoms with van der Waals surface area (Å²) in [7, 11) is 1.18. The molecule has 0 saturated carbocycles. The predicted octanol–water partition coefficient (Wildman–Crippen LogP) is 3.18. The Morgan fingerprint density at radius 3 is 2.59 bits per heavy atom. The summed E-state index contributed by atoms with van der Waals surface area (Å²) in [6.07, 6.45) is 0. The highest BCUT2D eigenvalue weighted by atomic mass is 35.5. The average molecular weight is 412 g/mol. The molecule has 11 heteroatoms. The minimum Gasteiger partial charge on any atom is -0.465 e.